The van der Waals surface area contributed by atoms with Crippen LogP contribution in [-0.4, -0.2) is 43.5 Å². The third-order valence-corrected chi connectivity index (χ3v) is 8.20. The predicted octanol–water partition coefficient (Wildman–Crippen LogP) is 3.62. The highest BCUT2D eigenvalue weighted by molar-refractivity contribution is 7.90. The van der Waals surface area contributed by atoms with Crippen LogP contribution in [0.3, 0.4) is 0 Å². The summed E-state index contributed by atoms with van der Waals surface area (Å²) in [6, 6.07) is 9.88. The molecule has 3 aromatic rings. The van der Waals surface area contributed by atoms with Crippen LogP contribution >= 0.6 is 0 Å². The standard InChI is InChI=1S/C25H28FN5O4S/c1-15-11-13-31(25(15,2)3)23-18(24(32)30-36(33,34)21-6-5-12-28-22(21)27)9-10-19(29-23)17-8-7-16(26)14-20(17)35-4/h5-10,12,14-15H,11,13H2,1-4H3,(H2,27,28)(H,30,32). The first-order chi connectivity index (χ1) is 17.0. The molecule has 1 atom stereocenters. The maximum Gasteiger partial charge on any atom is 0.268 e. The number of ether oxygens (including phenoxy) is 1. The van der Waals surface area contributed by atoms with Gasteiger partial charge in [0.1, 0.15) is 28.1 Å². The van der Waals surface area contributed by atoms with E-state index in [1.54, 1.807) is 12.1 Å². The van der Waals surface area contributed by atoms with Crippen LogP contribution in [0.2, 0.25) is 0 Å². The number of nitrogen functional groups attached to an aromatic ring is 1. The van der Waals surface area contributed by atoms with E-state index in [2.05, 4.69) is 16.6 Å². The van der Waals surface area contributed by atoms with E-state index in [1.807, 2.05) is 18.7 Å². The molecule has 1 fully saturated rings. The third-order valence-electron chi connectivity index (χ3n) is 6.82. The summed E-state index contributed by atoms with van der Waals surface area (Å²) in [7, 11) is -2.86. The number of nitrogens with two attached hydrogens (primary N) is 1. The van der Waals surface area contributed by atoms with Crippen molar-refractivity contribution in [3.63, 3.8) is 0 Å². The molecular formula is C25H28FN5O4S. The molecule has 1 aliphatic heterocycles. The van der Waals surface area contributed by atoms with Crippen molar-refractivity contribution in [1.82, 2.24) is 14.7 Å². The van der Waals surface area contributed by atoms with Crippen LogP contribution in [0.4, 0.5) is 16.0 Å². The Morgan fingerprint density at radius 3 is 2.64 bits per heavy atom. The highest BCUT2D eigenvalue weighted by Gasteiger charge is 2.41. The van der Waals surface area contributed by atoms with Crippen molar-refractivity contribution >= 4 is 27.6 Å². The van der Waals surface area contributed by atoms with Crippen LogP contribution in [0.5, 0.6) is 5.75 Å². The summed E-state index contributed by atoms with van der Waals surface area (Å²) < 4.78 is 47.0. The summed E-state index contributed by atoms with van der Waals surface area (Å²) in [5, 5.41) is 0. The Balaban J connectivity index is 1.81. The number of amides is 1. The summed E-state index contributed by atoms with van der Waals surface area (Å²) in [5.41, 5.74) is 6.43. The lowest BCUT2D eigenvalue weighted by Gasteiger charge is -2.36. The summed E-state index contributed by atoms with van der Waals surface area (Å²) >= 11 is 0. The van der Waals surface area contributed by atoms with Crippen LogP contribution in [0, 0.1) is 11.7 Å². The Morgan fingerprint density at radius 1 is 1.25 bits per heavy atom. The van der Waals surface area contributed by atoms with Gasteiger partial charge >= 0.3 is 0 Å². The van der Waals surface area contributed by atoms with E-state index >= 15 is 0 Å². The van der Waals surface area contributed by atoms with Crippen LogP contribution in [0.25, 0.3) is 11.3 Å². The van der Waals surface area contributed by atoms with Crippen LogP contribution < -0.4 is 20.1 Å². The maximum absolute atomic E-state index is 13.8. The molecule has 3 N–H and O–H groups in total. The zero-order chi connectivity index (χ0) is 26.3. The maximum atomic E-state index is 13.8. The minimum atomic E-state index is -4.29. The molecular weight excluding hydrogens is 485 g/mol. The largest absolute Gasteiger partial charge is 0.496 e. The SMILES string of the molecule is COc1cc(F)ccc1-c1ccc(C(=O)NS(=O)(=O)c2cccnc2N)c(N2CCC(C)C2(C)C)n1. The molecule has 0 bridgehead atoms. The fraction of sp³-hybridized carbons (Fsp3) is 0.320. The molecule has 11 heteroatoms. The van der Waals surface area contributed by atoms with Crippen molar-refractivity contribution in [1.29, 1.82) is 0 Å². The van der Waals surface area contributed by atoms with Gasteiger partial charge < -0.3 is 15.4 Å². The van der Waals surface area contributed by atoms with Gasteiger partial charge in [-0.15, -0.1) is 0 Å². The highest BCUT2D eigenvalue weighted by atomic mass is 32.2. The molecule has 1 amide bonds. The zero-order valence-corrected chi connectivity index (χ0v) is 21.3. The molecule has 3 heterocycles. The number of aromatic nitrogens is 2. The number of hydrogen-bond acceptors (Lipinski definition) is 8. The van der Waals surface area contributed by atoms with Crippen LogP contribution in [0.15, 0.2) is 53.6 Å². The van der Waals surface area contributed by atoms with E-state index in [1.165, 1.54) is 43.6 Å². The minimum absolute atomic E-state index is 0.0769. The fourth-order valence-electron chi connectivity index (χ4n) is 4.33. The number of anilines is 2. The Morgan fingerprint density at radius 2 is 2.00 bits per heavy atom. The number of benzene rings is 1. The van der Waals surface area contributed by atoms with Crippen molar-refractivity contribution in [2.24, 2.45) is 5.92 Å². The topological polar surface area (TPSA) is 128 Å². The Kier molecular flexibility index (Phi) is 6.61. The summed E-state index contributed by atoms with van der Waals surface area (Å²) in [5.74, 6) is -0.632. The van der Waals surface area contributed by atoms with Gasteiger partial charge in [-0.3, -0.25) is 4.79 Å². The lowest BCUT2D eigenvalue weighted by molar-refractivity contribution is 0.0981. The molecule has 0 saturated carbocycles. The number of methoxy groups -OCH3 is 1. The second-order valence-corrected chi connectivity index (χ2v) is 10.9. The molecule has 190 valence electrons. The molecule has 4 rings (SSSR count). The van der Waals surface area contributed by atoms with Gasteiger partial charge in [-0.25, -0.2) is 27.5 Å². The number of sulfonamides is 1. The van der Waals surface area contributed by atoms with Crippen molar-refractivity contribution < 1.29 is 22.3 Å². The second kappa shape index (κ2) is 9.38. The zero-order valence-electron chi connectivity index (χ0n) is 20.4. The molecule has 1 aliphatic rings. The summed E-state index contributed by atoms with van der Waals surface area (Å²) in [4.78, 5) is 23.6. The lowest BCUT2D eigenvalue weighted by Crippen LogP contribution is -2.43. The van der Waals surface area contributed by atoms with Crippen molar-refractivity contribution in [2.75, 3.05) is 24.3 Å². The quantitative estimate of drug-likeness (QED) is 0.512. The van der Waals surface area contributed by atoms with Crippen LogP contribution in [0.1, 0.15) is 37.6 Å². The van der Waals surface area contributed by atoms with Gasteiger partial charge in [0.2, 0.25) is 0 Å². The average Bonchev–Trinajstić information content (AvgIpc) is 3.10. The van der Waals surface area contributed by atoms with Crippen molar-refractivity contribution in [3.05, 3.63) is 60.0 Å². The van der Waals surface area contributed by atoms with Gasteiger partial charge in [0.25, 0.3) is 15.9 Å². The molecule has 36 heavy (non-hydrogen) atoms. The predicted molar refractivity (Wildman–Crippen MR) is 135 cm³/mol. The number of pyridine rings is 2. The molecule has 0 aliphatic carbocycles. The van der Waals surface area contributed by atoms with Gasteiger partial charge in [0, 0.05) is 29.9 Å². The number of halogens is 1. The molecule has 1 saturated heterocycles. The van der Waals surface area contributed by atoms with Gasteiger partial charge in [-0.05, 0) is 62.6 Å². The van der Waals surface area contributed by atoms with E-state index in [9.17, 15) is 17.6 Å². The average molecular weight is 514 g/mol. The van der Waals surface area contributed by atoms with E-state index in [0.717, 1.165) is 6.42 Å². The van der Waals surface area contributed by atoms with Crippen molar-refractivity contribution in [2.45, 2.75) is 37.6 Å². The van der Waals surface area contributed by atoms with E-state index in [-0.39, 0.29) is 33.5 Å². The Labute approximate surface area is 209 Å². The molecule has 0 radical (unpaired) electrons. The number of nitrogens with zero attached hydrogens (tertiary/aromatic N) is 3. The second-order valence-electron chi connectivity index (χ2n) is 9.23. The monoisotopic (exact) mass is 513 g/mol. The fourth-order valence-corrected chi connectivity index (χ4v) is 5.38. The number of hydrogen-bond donors (Lipinski definition) is 2. The number of nitrogens with one attached hydrogen (secondary N) is 1. The number of carbonyl (C=O) groups is 1. The Hall–Kier alpha value is -3.73. The van der Waals surface area contributed by atoms with E-state index in [4.69, 9.17) is 15.5 Å². The van der Waals surface area contributed by atoms with Gasteiger partial charge in [0.05, 0.1) is 18.4 Å². The Bertz CT molecular complexity index is 1430. The normalized spacial score (nSPS) is 17.1. The molecule has 0 spiro atoms. The summed E-state index contributed by atoms with van der Waals surface area (Å²) in [6.45, 7) is 6.83. The molecule has 1 aromatic carbocycles. The first-order valence-corrected chi connectivity index (χ1v) is 12.8. The van der Waals surface area contributed by atoms with E-state index in [0.29, 0.717) is 23.6 Å². The van der Waals surface area contributed by atoms with E-state index < -0.39 is 21.7 Å². The van der Waals surface area contributed by atoms with Gasteiger partial charge in [-0.1, -0.05) is 6.92 Å². The first kappa shape index (κ1) is 25.4. The number of carbonyl (C=O) groups excluding carboxylic acids is 1. The molecule has 1 unspecified atom stereocenters. The van der Waals surface area contributed by atoms with Crippen molar-refractivity contribution in [3.8, 4) is 17.0 Å². The lowest BCUT2D eigenvalue weighted by atomic mass is 9.90. The minimum Gasteiger partial charge on any atom is -0.496 e. The first-order valence-electron chi connectivity index (χ1n) is 11.4. The molecule has 2 aromatic heterocycles. The van der Waals surface area contributed by atoms with Gasteiger partial charge in [0.15, 0.2) is 0 Å². The summed E-state index contributed by atoms with van der Waals surface area (Å²) in [6.07, 6.45) is 2.22. The third kappa shape index (κ3) is 4.58. The number of rotatable bonds is 6. The van der Waals surface area contributed by atoms with Gasteiger partial charge in [-0.2, -0.15) is 0 Å². The van der Waals surface area contributed by atoms with Crippen LogP contribution in [-0.2, 0) is 10.0 Å². The highest BCUT2D eigenvalue weighted by Crippen LogP contribution is 2.40. The molecule has 9 nitrogen and oxygen atoms in total. The smallest absolute Gasteiger partial charge is 0.268 e.